The van der Waals surface area contributed by atoms with Gasteiger partial charge in [0.2, 0.25) is 0 Å². The minimum atomic E-state index is -0.346. The van der Waals surface area contributed by atoms with Crippen LogP contribution in [0.1, 0.15) is 12.6 Å². The number of hydrogen-bond donors (Lipinski definition) is 0. The summed E-state index contributed by atoms with van der Waals surface area (Å²) in [6, 6.07) is 9.93. The van der Waals surface area contributed by atoms with E-state index >= 15 is 0 Å². The number of carbonyl (C=O) groups is 1. The van der Waals surface area contributed by atoms with E-state index in [0.717, 1.165) is 21.9 Å². The molecule has 0 atom stereocenters. The Morgan fingerprint density at radius 1 is 1.38 bits per heavy atom. The number of ether oxygens (including phenoxy) is 1. The highest BCUT2D eigenvalue weighted by atomic mass is 32.1. The number of hydrogen-bond acceptors (Lipinski definition) is 4. The first-order chi connectivity index (χ1) is 10.3. The van der Waals surface area contributed by atoms with Crippen LogP contribution >= 0.6 is 11.3 Å². The van der Waals surface area contributed by atoms with Crippen molar-refractivity contribution >= 4 is 28.3 Å². The number of thiazole rings is 1. The third-order valence-corrected chi connectivity index (χ3v) is 3.77. The molecule has 0 amide bonds. The van der Waals surface area contributed by atoms with Gasteiger partial charge in [-0.05, 0) is 13.0 Å². The molecule has 0 N–H and O–H groups in total. The monoisotopic (exact) mass is 298 g/mol. The van der Waals surface area contributed by atoms with Gasteiger partial charge in [0.1, 0.15) is 0 Å². The van der Waals surface area contributed by atoms with Gasteiger partial charge in [0.15, 0.2) is 4.96 Å². The predicted molar refractivity (Wildman–Crippen MR) is 84.2 cm³/mol. The summed E-state index contributed by atoms with van der Waals surface area (Å²) < 4.78 is 6.90. The van der Waals surface area contributed by atoms with E-state index in [1.807, 2.05) is 46.3 Å². The van der Waals surface area contributed by atoms with Gasteiger partial charge in [0, 0.05) is 23.2 Å². The van der Waals surface area contributed by atoms with Crippen molar-refractivity contribution < 1.29 is 9.53 Å². The Morgan fingerprint density at radius 3 is 2.95 bits per heavy atom. The van der Waals surface area contributed by atoms with Crippen LogP contribution in [0.2, 0.25) is 0 Å². The molecule has 5 heteroatoms. The van der Waals surface area contributed by atoms with Crippen LogP contribution in [0.3, 0.4) is 0 Å². The zero-order chi connectivity index (χ0) is 14.7. The number of nitrogens with zero attached hydrogens (tertiary/aromatic N) is 2. The number of esters is 1. The second kappa shape index (κ2) is 5.93. The zero-order valence-corrected chi connectivity index (χ0v) is 12.3. The molecule has 1 aromatic carbocycles. The van der Waals surface area contributed by atoms with Gasteiger partial charge < -0.3 is 4.74 Å². The van der Waals surface area contributed by atoms with E-state index in [9.17, 15) is 4.79 Å². The normalized spacial score (nSPS) is 11.3. The van der Waals surface area contributed by atoms with Crippen LogP contribution in [0.25, 0.3) is 22.3 Å². The van der Waals surface area contributed by atoms with Gasteiger partial charge in [-0.25, -0.2) is 9.78 Å². The fourth-order valence-corrected chi connectivity index (χ4v) is 2.83. The first-order valence-electron chi connectivity index (χ1n) is 6.65. The number of fused-ring (bicyclic) bond motifs is 1. The van der Waals surface area contributed by atoms with Crippen molar-refractivity contribution in [2.75, 3.05) is 6.61 Å². The number of rotatable bonds is 4. The fraction of sp³-hybridized carbons (Fsp3) is 0.125. The second-order valence-corrected chi connectivity index (χ2v) is 5.23. The molecular weight excluding hydrogens is 284 g/mol. The first-order valence-corrected chi connectivity index (χ1v) is 7.53. The second-order valence-electron chi connectivity index (χ2n) is 4.35. The fourth-order valence-electron chi connectivity index (χ4n) is 2.11. The minimum Gasteiger partial charge on any atom is -0.463 e. The number of carbonyl (C=O) groups excluding carboxylic acids is 1. The minimum absolute atomic E-state index is 0.346. The van der Waals surface area contributed by atoms with Crippen LogP contribution in [-0.4, -0.2) is 22.0 Å². The molecule has 2 aromatic heterocycles. The number of imidazole rings is 1. The highest BCUT2D eigenvalue weighted by Gasteiger charge is 2.12. The molecule has 21 heavy (non-hydrogen) atoms. The van der Waals surface area contributed by atoms with Crippen molar-refractivity contribution in [3.8, 4) is 11.3 Å². The van der Waals surface area contributed by atoms with Gasteiger partial charge in [-0.2, -0.15) is 0 Å². The van der Waals surface area contributed by atoms with E-state index in [1.54, 1.807) is 24.3 Å². The standard InChI is InChI=1S/C16H14N2O2S/c1-2-20-14(19)9-8-13-15(12-6-4-3-5-7-12)17-16-18(13)10-11-21-16/h3-11H,2H2,1H3. The molecule has 0 saturated carbocycles. The molecule has 0 saturated heterocycles. The Balaban J connectivity index is 2.07. The Labute approximate surface area is 126 Å². The van der Waals surface area contributed by atoms with Crippen LogP contribution in [-0.2, 0) is 9.53 Å². The molecule has 106 valence electrons. The zero-order valence-electron chi connectivity index (χ0n) is 11.5. The van der Waals surface area contributed by atoms with Gasteiger partial charge in [0.25, 0.3) is 0 Å². The Hall–Kier alpha value is -2.40. The summed E-state index contributed by atoms with van der Waals surface area (Å²) >= 11 is 1.56. The molecule has 3 aromatic rings. The average Bonchev–Trinajstić information content (AvgIpc) is 3.07. The van der Waals surface area contributed by atoms with Gasteiger partial charge in [-0.1, -0.05) is 30.3 Å². The highest BCUT2D eigenvalue weighted by Crippen LogP contribution is 2.27. The number of benzene rings is 1. The molecule has 2 heterocycles. The number of aromatic nitrogens is 2. The lowest BCUT2D eigenvalue weighted by Gasteiger charge is -2.00. The Kier molecular flexibility index (Phi) is 3.83. The molecule has 0 aliphatic carbocycles. The van der Waals surface area contributed by atoms with E-state index in [0.29, 0.717) is 6.61 Å². The lowest BCUT2D eigenvalue weighted by Crippen LogP contribution is -1.99. The van der Waals surface area contributed by atoms with Gasteiger partial charge in [-0.3, -0.25) is 4.40 Å². The van der Waals surface area contributed by atoms with E-state index in [2.05, 4.69) is 4.98 Å². The Morgan fingerprint density at radius 2 is 2.19 bits per heavy atom. The summed E-state index contributed by atoms with van der Waals surface area (Å²) in [7, 11) is 0. The maximum atomic E-state index is 11.5. The van der Waals surface area contributed by atoms with Crippen molar-refractivity contribution in [1.29, 1.82) is 0 Å². The van der Waals surface area contributed by atoms with Crippen LogP contribution < -0.4 is 0 Å². The van der Waals surface area contributed by atoms with Crippen molar-refractivity contribution in [3.63, 3.8) is 0 Å². The molecule has 0 spiro atoms. The molecule has 4 nitrogen and oxygen atoms in total. The maximum Gasteiger partial charge on any atom is 0.330 e. The highest BCUT2D eigenvalue weighted by molar-refractivity contribution is 7.15. The molecule has 0 fully saturated rings. The lowest BCUT2D eigenvalue weighted by atomic mass is 10.1. The van der Waals surface area contributed by atoms with Crippen molar-refractivity contribution in [2.24, 2.45) is 0 Å². The predicted octanol–water partition coefficient (Wildman–Crippen LogP) is 3.64. The summed E-state index contributed by atoms with van der Waals surface area (Å²) in [5.74, 6) is -0.346. The van der Waals surface area contributed by atoms with Crippen LogP contribution in [0.15, 0.2) is 48.0 Å². The molecule has 0 aliphatic heterocycles. The smallest absolute Gasteiger partial charge is 0.330 e. The summed E-state index contributed by atoms with van der Waals surface area (Å²) in [5.41, 5.74) is 2.77. The molecule has 0 unspecified atom stereocenters. The van der Waals surface area contributed by atoms with Crippen LogP contribution in [0.4, 0.5) is 0 Å². The van der Waals surface area contributed by atoms with Gasteiger partial charge in [-0.15, -0.1) is 11.3 Å². The van der Waals surface area contributed by atoms with Crippen molar-refractivity contribution in [3.05, 3.63) is 53.7 Å². The Bertz CT molecular complexity index is 787. The molecule has 0 radical (unpaired) electrons. The first kappa shape index (κ1) is 13.6. The van der Waals surface area contributed by atoms with Gasteiger partial charge in [0.05, 0.1) is 18.0 Å². The third-order valence-electron chi connectivity index (χ3n) is 3.01. The van der Waals surface area contributed by atoms with E-state index in [4.69, 9.17) is 4.74 Å². The van der Waals surface area contributed by atoms with E-state index in [-0.39, 0.29) is 5.97 Å². The molecule has 0 aliphatic rings. The third kappa shape index (κ3) is 2.73. The quantitative estimate of drug-likeness (QED) is 0.545. The summed E-state index contributed by atoms with van der Waals surface area (Å²) in [6.07, 6.45) is 5.15. The van der Waals surface area contributed by atoms with Crippen molar-refractivity contribution in [2.45, 2.75) is 6.92 Å². The van der Waals surface area contributed by atoms with Crippen molar-refractivity contribution in [1.82, 2.24) is 9.38 Å². The summed E-state index contributed by atoms with van der Waals surface area (Å²) in [5, 5.41) is 1.97. The van der Waals surface area contributed by atoms with Crippen LogP contribution in [0.5, 0.6) is 0 Å². The molecule has 3 rings (SSSR count). The largest absolute Gasteiger partial charge is 0.463 e. The van der Waals surface area contributed by atoms with E-state index < -0.39 is 0 Å². The SMILES string of the molecule is CCOC(=O)C=Cc1c(-c2ccccc2)nc2sccn12. The lowest BCUT2D eigenvalue weighted by molar-refractivity contribution is -0.137. The van der Waals surface area contributed by atoms with Gasteiger partial charge >= 0.3 is 5.97 Å². The van der Waals surface area contributed by atoms with E-state index in [1.165, 1.54) is 6.08 Å². The van der Waals surface area contributed by atoms with Crippen LogP contribution in [0, 0.1) is 0 Å². The topological polar surface area (TPSA) is 43.6 Å². The summed E-state index contributed by atoms with van der Waals surface area (Å²) in [6.45, 7) is 2.16. The molecule has 0 bridgehead atoms. The molecular formula is C16H14N2O2S. The maximum absolute atomic E-state index is 11.5. The average molecular weight is 298 g/mol. The summed E-state index contributed by atoms with van der Waals surface area (Å²) in [4.78, 5) is 17.1.